The molecular formula is C14H14BrFN6O5S. The maximum absolute atomic E-state index is 13.5. The Balaban J connectivity index is 1.66. The second kappa shape index (κ2) is 7.29. The topological polar surface area (TPSA) is 151 Å². The Morgan fingerprint density at radius 1 is 1.39 bits per heavy atom. The number of hydrogen-bond donors (Lipinski definition) is 4. The van der Waals surface area contributed by atoms with Crippen molar-refractivity contribution < 1.29 is 22.6 Å². The maximum atomic E-state index is 13.5. The molecule has 2 aromatic heterocycles. The van der Waals surface area contributed by atoms with Crippen molar-refractivity contribution in [3.05, 3.63) is 39.0 Å². The first-order valence-corrected chi connectivity index (χ1v) is 10.4. The van der Waals surface area contributed by atoms with Gasteiger partial charge >= 0.3 is 5.76 Å². The van der Waals surface area contributed by atoms with E-state index in [0.717, 1.165) is 4.57 Å². The SMILES string of the molecule is O=c1onc(-c2nonc2NCC2CCNS2(O)O)n1-c1ccc(F)c(Br)c1. The Hall–Kier alpha value is -2.26. The van der Waals surface area contributed by atoms with Gasteiger partial charge in [0, 0.05) is 13.1 Å². The van der Waals surface area contributed by atoms with E-state index in [-0.39, 0.29) is 34.0 Å². The smallest absolute Gasteiger partial charge is 0.363 e. The predicted molar refractivity (Wildman–Crippen MR) is 101 cm³/mol. The molecule has 28 heavy (non-hydrogen) atoms. The van der Waals surface area contributed by atoms with Crippen molar-refractivity contribution in [3.63, 3.8) is 0 Å². The predicted octanol–water partition coefficient (Wildman–Crippen LogP) is 2.22. The van der Waals surface area contributed by atoms with Crippen molar-refractivity contribution in [2.24, 2.45) is 0 Å². The van der Waals surface area contributed by atoms with Gasteiger partial charge in [-0.3, -0.25) is 13.6 Å². The third kappa shape index (κ3) is 3.44. The first-order chi connectivity index (χ1) is 13.4. The van der Waals surface area contributed by atoms with Crippen LogP contribution in [-0.2, 0) is 0 Å². The highest BCUT2D eigenvalue weighted by molar-refractivity contribution is 9.10. The molecule has 0 amide bonds. The van der Waals surface area contributed by atoms with Gasteiger partial charge in [-0.15, -0.1) is 10.8 Å². The van der Waals surface area contributed by atoms with E-state index in [4.69, 9.17) is 9.15 Å². The normalized spacial score (nSPS) is 19.6. The lowest BCUT2D eigenvalue weighted by atomic mass is 10.3. The quantitative estimate of drug-likeness (QED) is 0.431. The van der Waals surface area contributed by atoms with Crippen LogP contribution in [0.2, 0.25) is 0 Å². The number of nitrogens with one attached hydrogen (secondary N) is 2. The second-order valence-electron chi connectivity index (χ2n) is 5.95. The molecule has 1 aliphatic heterocycles. The summed E-state index contributed by atoms with van der Waals surface area (Å²) in [6, 6.07) is 3.94. The van der Waals surface area contributed by atoms with Crippen LogP contribution in [0.4, 0.5) is 10.2 Å². The van der Waals surface area contributed by atoms with Crippen LogP contribution >= 0.6 is 26.7 Å². The van der Waals surface area contributed by atoms with Crippen molar-refractivity contribution in [2.75, 3.05) is 18.4 Å². The molecule has 0 aliphatic carbocycles. The highest BCUT2D eigenvalue weighted by Gasteiger charge is 2.32. The lowest BCUT2D eigenvalue weighted by Crippen LogP contribution is -2.26. The van der Waals surface area contributed by atoms with Crippen molar-refractivity contribution in [1.82, 2.24) is 24.8 Å². The molecule has 1 saturated heterocycles. The molecule has 4 N–H and O–H groups in total. The number of rotatable bonds is 5. The summed E-state index contributed by atoms with van der Waals surface area (Å²) >= 11 is 3.07. The molecule has 0 bridgehead atoms. The Morgan fingerprint density at radius 3 is 2.93 bits per heavy atom. The summed E-state index contributed by atoms with van der Waals surface area (Å²) < 4.78 is 46.8. The van der Waals surface area contributed by atoms with Gasteiger partial charge in [0.25, 0.3) is 0 Å². The van der Waals surface area contributed by atoms with Crippen molar-refractivity contribution >= 4 is 32.5 Å². The lowest BCUT2D eigenvalue weighted by molar-refractivity contribution is 0.309. The molecule has 1 fully saturated rings. The molecule has 11 nitrogen and oxygen atoms in total. The van der Waals surface area contributed by atoms with Crippen LogP contribution in [0.5, 0.6) is 0 Å². The Labute approximate surface area is 166 Å². The van der Waals surface area contributed by atoms with Gasteiger partial charge < -0.3 is 5.32 Å². The highest BCUT2D eigenvalue weighted by Crippen LogP contribution is 2.45. The van der Waals surface area contributed by atoms with Gasteiger partial charge in [0.2, 0.25) is 11.6 Å². The molecular weight excluding hydrogens is 463 g/mol. The van der Waals surface area contributed by atoms with Gasteiger partial charge in [-0.2, -0.15) is 0 Å². The van der Waals surface area contributed by atoms with Crippen molar-refractivity contribution in [2.45, 2.75) is 11.7 Å². The van der Waals surface area contributed by atoms with E-state index in [1.807, 2.05) is 0 Å². The number of hydrogen-bond acceptors (Lipinski definition) is 10. The standard InChI is InChI=1S/C14H14BrFN6O5S/c15-9-5-7(1-2-10(9)16)22-13(21-26-14(22)23)11-12(20-27-19-11)17-6-8-3-4-18-28(8,24)25/h1-2,5,8,18,24-25H,3-4,6H2,(H,17,20). The van der Waals surface area contributed by atoms with Gasteiger partial charge in [0.15, 0.2) is 5.69 Å². The van der Waals surface area contributed by atoms with Gasteiger partial charge in [-0.25, -0.2) is 23.1 Å². The van der Waals surface area contributed by atoms with E-state index in [0.29, 0.717) is 13.0 Å². The van der Waals surface area contributed by atoms with Crippen LogP contribution < -0.4 is 15.8 Å². The van der Waals surface area contributed by atoms with E-state index >= 15 is 0 Å². The number of anilines is 1. The Kier molecular flexibility index (Phi) is 4.96. The molecule has 1 aliphatic rings. The zero-order chi connectivity index (χ0) is 19.9. The van der Waals surface area contributed by atoms with Crippen LogP contribution in [0, 0.1) is 5.82 Å². The average molecular weight is 477 g/mol. The number of nitrogens with zero attached hydrogens (tertiary/aromatic N) is 4. The minimum absolute atomic E-state index is 0.0107. The summed E-state index contributed by atoms with van der Waals surface area (Å²) in [5, 5.41) is 13.7. The minimum atomic E-state index is -2.90. The molecule has 0 radical (unpaired) electrons. The molecule has 0 saturated carbocycles. The monoisotopic (exact) mass is 476 g/mol. The Bertz CT molecular complexity index is 1070. The van der Waals surface area contributed by atoms with Crippen molar-refractivity contribution in [3.8, 4) is 17.2 Å². The number of halogens is 2. The fraction of sp³-hybridized carbons (Fsp3) is 0.286. The van der Waals surface area contributed by atoms with Gasteiger partial charge in [0.1, 0.15) is 5.82 Å². The van der Waals surface area contributed by atoms with Crippen molar-refractivity contribution in [1.29, 1.82) is 0 Å². The van der Waals surface area contributed by atoms with Crippen LogP contribution in [0.3, 0.4) is 0 Å². The highest BCUT2D eigenvalue weighted by atomic mass is 79.9. The van der Waals surface area contributed by atoms with E-state index in [9.17, 15) is 18.3 Å². The van der Waals surface area contributed by atoms with Gasteiger partial charge in [0.05, 0.1) is 15.4 Å². The fourth-order valence-corrected chi connectivity index (χ4v) is 4.57. The maximum Gasteiger partial charge on any atom is 0.446 e. The van der Waals surface area contributed by atoms with Gasteiger partial charge in [-0.05, 0) is 50.9 Å². The first-order valence-electron chi connectivity index (χ1n) is 7.99. The molecule has 1 aromatic carbocycles. The van der Waals surface area contributed by atoms with Crippen LogP contribution in [0.15, 0.2) is 36.6 Å². The molecule has 1 unspecified atom stereocenters. The summed E-state index contributed by atoms with van der Waals surface area (Å²) in [6.07, 6.45) is 0.564. The molecule has 3 heterocycles. The second-order valence-corrected chi connectivity index (χ2v) is 8.94. The van der Waals surface area contributed by atoms with Crippen LogP contribution in [-0.4, -0.2) is 47.5 Å². The minimum Gasteiger partial charge on any atom is -0.363 e. The summed E-state index contributed by atoms with van der Waals surface area (Å²) in [5.74, 6) is -1.17. The third-order valence-corrected chi connectivity index (χ3v) is 6.78. The first kappa shape index (κ1) is 19.1. The molecule has 1 atom stereocenters. The van der Waals surface area contributed by atoms with E-state index in [2.05, 4.69) is 41.4 Å². The average Bonchev–Trinajstić information content (AvgIpc) is 3.34. The fourth-order valence-electron chi connectivity index (χ4n) is 2.78. The van der Waals surface area contributed by atoms with Gasteiger partial charge in [-0.1, -0.05) is 5.16 Å². The Morgan fingerprint density at radius 2 is 2.21 bits per heavy atom. The summed E-state index contributed by atoms with van der Waals surface area (Å²) in [6.45, 7) is 0.668. The van der Waals surface area contributed by atoms with Crippen LogP contribution in [0.1, 0.15) is 6.42 Å². The molecule has 4 rings (SSSR count). The van der Waals surface area contributed by atoms with E-state index in [1.54, 1.807) is 0 Å². The summed E-state index contributed by atoms with van der Waals surface area (Å²) in [7, 11) is -2.90. The number of aromatic nitrogens is 4. The molecule has 14 heteroatoms. The summed E-state index contributed by atoms with van der Waals surface area (Å²) in [5.41, 5.74) is 0.367. The van der Waals surface area contributed by atoms with E-state index < -0.39 is 27.6 Å². The molecule has 0 spiro atoms. The third-order valence-electron chi connectivity index (χ3n) is 4.21. The molecule has 3 aromatic rings. The molecule has 150 valence electrons. The summed E-state index contributed by atoms with van der Waals surface area (Å²) in [4.78, 5) is 12.1. The zero-order valence-corrected chi connectivity index (χ0v) is 16.4. The van der Waals surface area contributed by atoms with E-state index in [1.165, 1.54) is 18.2 Å². The number of benzene rings is 1. The van der Waals surface area contributed by atoms with Crippen LogP contribution in [0.25, 0.3) is 17.2 Å². The largest absolute Gasteiger partial charge is 0.446 e. The lowest BCUT2D eigenvalue weighted by Gasteiger charge is -2.33. The zero-order valence-electron chi connectivity index (χ0n) is 14.0.